The number of anilines is 1. The van der Waals surface area contributed by atoms with Gasteiger partial charge in [-0.05, 0) is 12.1 Å². The molecule has 3 rings (SSSR count). The van der Waals surface area contributed by atoms with Crippen molar-refractivity contribution in [2.45, 2.75) is 6.18 Å². The van der Waals surface area contributed by atoms with Crippen LogP contribution in [0.15, 0.2) is 54.6 Å². The predicted octanol–water partition coefficient (Wildman–Crippen LogP) is 5.08. The van der Waals surface area contributed by atoms with E-state index in [9.17, 15) is 13.2 Å². The first kappa shape index (κ1) is 14.6. The van der Waals surface area contributed by atoms with E-state index in [0.29, 0.717) is 21.3 Å². The van der Waals surface area contributed by atoms with E-state index in [-0.39, 0.29) is 0 Å². The van der Waals surface area contributed by atoms with Crippen LogP contribution in [0.5, 0.6) is 0 Å². The first-order valence-corrected chi connectivity index (χ1v) is 7.26. The number of nitrogen functional groups attached to an aromatic ring is 1. The van der Waals surface area contributed by atoms with Crippen LogP contribution < -0.4 is 5.73 Å². The summed E-state index contributed by atoms with van der Waals surface area (Å²) in [5, 5.41) is 1.14. The van der Waals surface area contributed by atoms with Gasteiger partial charge in [0.2, 0.25) is 0 Å². The van der Waals surface area contributed by atoms with Crippen LogP contribution in [0.2, 0.25) is 0 Å². The van der Waals surface area contributed by atoms with Crippen molar-refractivity contribution >= 4 is 16.3 Å². The lowest BCUT2D eigenvalue weighted by Crippen LogP contribution is -2.03. The monoisotopic (exact) mass is 320 g/mol. The zero-order valence-corrected chi connectivity index (χ0v) is 12.1. The standard InChI is InChI=1S/C16H11F3N2S/c17-16(18,19)12-8-6-11(7-9-12)15-21-13(14(20)22-15)10-4-2-1-3-5-10/h1-9H,20H2. The molecule has 0 radical (unpaired) electrons. The lowest BCUT2D eigenvalue weighted by molar-refractivity contribution is -0.137. The molecular formula is C16H11F3N2S. The highest BCUT2D eigenvalue weighted by Crippen LogP contribution is 2.37. The number of nitrogens with two attached hydrogens (primary N) is 1. The smallest absolute Gasteiger partial charge is 0.389 e. The van der Waals surface area contributed by atoms with Gasteiger partial charge in [-0.2, -0.15) is 13.2 Å². The fraction of sp³-hybridized carbons (Fsp3) is 0.0625. The molecule has 0 aliphatic carbocycles. The Morgan fingerprint density at radius 3 is 2.09 bits per heavy atom. The van der Waals surface area contributed by atoms with E-state index in [4.69, 9.17) is 5.73 Å². The lowest BCUT2D eigenvalue weighted by atomic mass is 10.1. The number of hydrogen-bond acceptors (Lipinski definition) is 3. The van der Waals surface area contributed by atoms with Crippen molar-refractivity contribution < 1.29 is 13.2 Å². The van der Waals surface area contributed by atoms with Crippen LogP contribution in [0.1, 0.15) is 5.56 Å². The summed E-state index contributed by atoms with van der Waals surface area (Å²) >= 11 is 1.26. The van der Waals surface area contributed by atoms with Gasteiger partial charge in [-0.3, -0.25) is 0 Å². The second kappa shape index (κ2) is 5.46. The van der Waals surface area contributed by atoms with Crippen LogP contribution in [0, 0.1) is 0 Å². The number of rotatable bonds is 2. The van der Waals surface area contributed by atoms with Crippen molar-refractivity contribution in [1.82, 2.24) is 4.98 Å². The van der Waals surface area contributed by atoms with E-state index in [0.717, 1.165) is 17.7 Å². The minimum Gasteiger partial charge on any atom is -0.389 e. The zero-order chi connectivity index (χ0) is 15.7. The quantitative estimate of drug-likeness (QED) is 0.715. The Bertz CT molecular complexity index is 777. The highest BCUT2D eigenvalue weighted by molar-refractivity contribution is 7.19. The molecule has 1 heterocycles. The summed E-state index contributed by atoms with van der Waals surface area (Å²) in [5.41, 5.74) is 7.46. The van der Waals surface area contributed by atoms with Crippen molar-refractivity contribution in [3.63, 3.8) is 0 Å². The summed E-state index contributed by atoms with van der Waals surface area (Å²) in [5.74, 6) is 0. The summed E-state index contributed by atoms with van der Waals surface area (Å²) < 4.78 is 37.7. The molecule has 0 saturated carbocycles. The van der Waals surface area contributed by atoms with E-state index in [1.165, 1.54) is 23.5 Å². The molecule has 2 aromatic carbocycles. The van der Waals surface area contributed by atoms with Gasteiger partial charge >= 0.3 is 6.18 Å². The van der Waals surface area contributed by atoms with Crippen LogP contribution in [0.25, 0.3) is 21.8 Å². The third kappa shape index (κ3) is 2.82. The molecule has 0 fully saturated rings. The molecule has 0 atom stereocenters. The summed E-state index contributed by atoms with van der Waals surface area (Å²) in [7, 11) is 0. The Kier molecular flexibility index (Phi) is 3.62. The number of aromatic nitrogens is 1. The Morgan fingerprint density at radius 1 is 0.864 bits per heavy atom. The third-order valence-electron chi connectivity index (χ3n) is 3.16. The van der Waals surface area contributed by atoms with Crippen LogP contribution in [0.3, 0.4) is 0 Å². The molecule has 0 amide bonds. The molecule has 0 bridgehead atoms. The molecule has 1 aromatic heterocycles. The first-order valence-electron chi connectivity index (χ1n) is 6.44. The van der Waals surface area contributed by atoms with Gasteiger partial charge in [0.05, 0.1) is 5.56 Å². The van der Waals surface area contributed by atoms with Gasteiger partial charge < -0.3 is 5.73 Å². The molecule has 112 valence electrons. The molecule has 0 spiro atoms. The van der Waals surface area contributed by atoms with Crippen molar-refractivity contribution in [3.8, 4) is 21.8 Å². The zero-order valence-electron chi connectivity index (χ0n) is 11.3. The maximum Gasteiger partial charge on any atom is 0.416 e. The summed E-state index contributed by atoms with van der Waals surface area (Å²) in [6.07, 6.45) is -4.34. The SMILES string of the molecule is Nc1sc(-c2ccc(C(F)(F)F)cc2)nc1-c1ccccc1. The highest BCUT2D eigenvalue weighted by atomic mass is 32.1. The van der Waals surface area contributed by atoms with E-state index >= 15 is 0 Å². The first-order chi connectivity index (χ1) is 10.4. The molecular weight excluding hydrogens is 309 g/mol. The Balaban J connectivity index is 1.97. The van der Waals surface area contributed by atoms with E-state index in [1.54, 1.807) is 0 Å². The number of hydrogen-bond donors (Lipinski definition) is 1. The number of thiazole rings is 1. The molecule has 0 saturated heterocycles. The van der Waals surface area contributed by atoms with Gasteiger partial charge in [0.1, 0.15) is 15.7 Å². The maximum atomic E-state index is 12.6. The van der Waals surface area contributed by atoms with Crippen LogP contribution >= 0.6 is 11.3 Å². The van der Waals surface area contributed by atoms with E-state index in [1.807, 2.05) is 30.3 Å². The average Bonchev–Trinajstić information content (AvgIpc) is 2.89. The van der Waals surface area contributed by atoms with Gasteiger partial charge in [-0.25, -0.2) is 4.98 Å². The minimum atomic E-state index is -4.34. The molecule has 0 unspecified atom stereocenters. The van der Waals surface area contributed by atoms with Gasteiger partial charge in [0.25, 0.3) is 0 Å². The fourth-order valence-electron chi connectivity index (χ4n) is 2.06. The average molecular weight is 320 g/mol. The second-order valence-corrected chi connectivity index (χ2v) is 5.70. The van der Waals surface area contributed by atoms with Crippen molar-refractivity contribution in [2.24, 2.45) is 0 Å². The number of alkyl halides is 3. The third-order valence-corrected chi connectivity index (χ3v) is 4.09. The van der Waals surface area contributed by atoms with Crippen molar-refractivity contribution in [2.75, 3.05) is 5.73 Å². The van der Waals surface area contributed by atoms with Gasteiger partial charge in [-0.1, -0.05) is 53.8 Å². The van der Waals surface area contributed by atoms with Crippen molar-refractivity contribution in [3.05, 3.63) is 60.2 Å². The van der Waals surface area contributed by atoms with Gasteiger partial charge in [0.15, 0.2) is 0 Å². The van der Waals surface area contributed by atoms with Crippen LogP contribution in [-0.2, 0) is 6.18 Å². The molecule has 2 N–H and O–H groups in total. The normalized spacial score (nSPS) is 11.6. The Morgan fingerprint density at radius 2 is 1.50 bits per heavy atom. The van der Waals surface area contributed by atoms with Crippen LogP contribution in [0.4, 0.5) is 18.2 Å². The van der Waals surface area contributed by atoms with Crippen LogP contribution in [-0.4, -0.2) is 4.98 Å². The summed E-state index contributed by atoms with van der Waals surface area (Å²) in [4.78, 5) is 4.45. The molecule has 22 heavy (non-hydrogen) atoms. The number of benzene rings is 2. The van der Waals surface area contributed by atoms with E-state index in [2.05, 4.69) is 4.98 Å². The Hall–Kier alpha value is -2.34. The number of nitrogens with zero attached hydrogens (tertiary/aromatic N) is 1. The van der Waals surface area contributed by atoms with E-state index < -0.39 is 11.7 Å². The molecule has 0 aliphatic rings. The highest BCUT2D eigenvalue weighted by Gasteiger charge is 2.30. The maximum absolute atomic E-state index is 12.6. The van der Waals surface area contributed by atoms with Crippen molar-refractivity contribution in [1.29, 1.82) is 0 Å². The van der Waals surface area contributed by atoms with Gasteiger partial charge in [-0.15, -0.1) is 0 Å². The summed E-state index contributed by atoms with van der Waals surface area (Å²) in [6.45, 7) is 0. The summed E-state index contributed by atoms with van der Waals surface area (Å²) in [6, 6.07) is 14.4. The topological polar surface area (TPSA) is 38.9 Å². The number of halogens is 3. The molecule has 0 aliphatic heterocycles. The molecule has 6 heteroatoms. The molecule has 2 nitrogen and oxygen atoms in total. The second-order valence-electron chi connectivity index (χ2n) is 4.67. The fourth-order valence-corrected chi connectivity index (χ4v) is 2.92. The molecule has 3 aromatic rings. The minimum absolute atomic E-state index is 0.543. The largest absolute Gasteiger partial charge is 0.416 e. The lowest BCUT2D eigenvalue weighted by Gasteiger charge is -2.06. The predicted molar refractivity (Wildman–Crippen MR) is 82.4 cm³/mol. The van der Waals surface area contributed by atoms with Gasteiger partial charge in [0, 0.05) is 11.1 Å². The Labute approximate surface area is 129 Å².